The summed E-state index contributed by atoms with van der Waals surface area (Å²) in [4.78, 5) is 0. The summed E-state index contributed by atoms with van der Waals surface area (Å²) < 4.78 is 0. The Morgan fingerprint density at radius 3 is 2.65 bits per heavy atom. The second-order valence-electron chi connectivity index (χ2n) is 4.58. The average molecular weight is 224 g/mol. The van der Waals surface area contributed by atoms with Crippen LogP contribution in [-0.2, 0) is 0 Å². The highest BCUT2D eigenvalue weighted by atomic mass is 14.2. The first-order valence-electron chi connectivity index (χ1n) is 6.45. The van der Waals surface area contributed by atoms with Gasteiger partial charge in [-0.1, -0.05) is 61.9 Å². The lowest BCUT2D eigenvalue weighted by molar-refractivity contribution is 0.625. The molecule has 0 radical (unpaired) electrons. The minimum Gasteiger partial charge on any atom is -0.103 e. The van der Waals surface area contributed by atoms with Crippen molar-refractivity contribution in [2.24, 2.45) is 0 Å². The van der Waals surface area contributed by atoms with E-state index in [-0.39, 0.29) is 0 Å². The third-order valence-electron chi connectivity index (χ3n) is 3.35. The predicted molar refractivity (Wildman–Crippen MR) is 76.4 cm³/mol. The molecule has 0 N–H and O–H groups in total. The van der Waals surface area contributed by atoms with E-state index in [4.69, 9.17) is 0 Å². The van der Waals surface area contributed by atoms with Gasteiger partial charge in [0, 0.05) is 0 Å². The zero-order valence-electron chi connectivity index (χ0n) is 10.5. The third kappa shape index (κ3) is 2.58. The molecular formula is C17H20. The van der Waals surface area contributed by atoms with Crippen molar-refractivity contribution in [3.63, 3.8) is 0 Å². The highest BCUT2D eigenvalue weighted by Gasteiger charge is 2.11. The maximum absolute atomic E-state index is 3.89. The van der Waals surface area contributed by atoms with E-state index in [2.05, 4.69) is 56.0 Å². The maximum atomic E-state index is 3.89. The van der Waals surface area contributed by atoms with E-state index < -0.39 is 0 Å². The lowest BCUT2D eigenvalue weighted by Gasteiger charge is -2.17. The molecule has 0 saturated carbocycles. The van der Waals surface area contributed by atoms with Crippen molar-refractivity contribution in [3.05, 3.63) is 60.7 Å². The van der Waals surface area contributed by atoms with Gasteiger partial charge in [0.25, 0.3) is 0 Å². The van der Waals surface area contributed by atoms with Crippen LogP contribution in [0.2, 0.25) is 0 Å². The van der Waals surface area contributed by atoms with Crippen molar-refractivity contribution in [3.8, 4) is 0 Å². The molecule has 88 valence electrons. The molecule has 2 aromatic carbocycles. The molecule has 0 aromatic heterocycles. The highest BCUT2D eigenvalue weighted by molar-refractivity contribution is 5.86. The zero-order chi connectivity index (χ0) is 12.1. The van der Waals surface area contributed by atoms with Gasteiger partial charge < -0.3 is 0 Å². The van der Waals surface area contributed by atoms with Crippen molar-refractivity contribution in [1.29, 1.82) is 0 Å². The number of hydrogen-bond donors (Lipinski definition) is 0. The number of fused-ring (bicyclic) bond motifs is 1. The summed E-state index contributed by atoms with van der Waals surface area (Å²) in [7, 11) is 0. The maximum Gasteiger partial charge on any atom is -0.0121 e. The van der Waals surface area contributed by atoms with Crippen LogP contribution in [0.3, 0.4) is 0 Å². The second kappa shape index (κ2) is 5.67. The Bertz CT molecular complexity index is 491. The highest BCUT2D eigenvalue weighted by Crippen LogP contribution is 2.31. The molecule has 17 heavy (non-hydrogen) atoms. The van der Waals surface area contributed by atoms with Crippen LogP contribution < -0.4 is 0 Å². The minimum absolute atomic E-state index is 0.614. The van der Waals surface area contributed by atoms with Crippen molar-refractivity contribution < 1.29 is 0 Å². The molecule has 0 heteroatoms. The fraction of sp³-hybridized carbons (Fsp3) is 0.294. The molecule has 0 nitrogen and oxygen atoms in total. The van der Waals surface area contributed by atoms with Crippen LogP contribution in [0.1, 0.15) is 37.7 Å². The third-order valence-corrected chi connectivity index (χ3v) is 3.35. The van der Waals surface area contributed by atoms with E-state index in [0.29, 0.717) is 5.92 Å². The van der Waals surface area contributed by atoms with E-state index in [1.54, 1.807) is 0 Å². The fourth-order valence-electron chi connectivity index (χ4n) is 2.56. The summed E-state index contributed by atoms with van der Waals surface area (Å²) in [5, 5.41) is 2.74. The van der Waals surface area contributed by atoms with E-state index in [9.17, 15) is 0 Å². The summed E-state index contributed by atoms with van der Waals surface area (Å²) in [6.07, 6.45) is 5.58. The Kier molecular flexibility index (Phi) is 3.98. The standard InChI is InChI=1S/C17H20/c1-3-8-14(9-4-2)17-13-7-11-15-10-5-6-12-16(15)17/h3,5-7,10-14H,1,4,8-9H2,2H3. The van der Waals surface area contributed by atoms with Crippen LogP contribution in [0.15, 0.2) is 55.1 Å². The first-order valence-corrected chi connectivity index (χ1v) is 6.45. The monoisotopic (exact) mass is 224 g/mol. The number of allylic oxidation sites excluding steroid dienone is 1. The Morgan fingerprint density at radius 2 is 1.88 bits per heavy atom. The quantitative estimate of drug-likeness (QED) is 0.604. The van der Waals surface area contributed by atoms with Crippen LogP contribution in [-0.4, -0.2) is 0 Å². The van der Waals surface area contributed by atoms with Gasteiger partial charge in [-0.3, -0.25) is 0 Å². The smallest absolute Gasteiger partial charge is 0.0121 e. The molecular weight excluding hydrogens is 204 g/mol. The van der Waals surface area contributed by atoms with Crippen LogP contribution in [0, 0.1) is 0 Å². The minimum atomic E-state index is 0.614. The van der Waals surface area contributed by atoms with Crippen molar-refractivity contribution in [1.82, 2.24) is 0 Å². The molecule has 0 aliphatic rings. The summed E-state index contributed by atoms with van der Waals surface area (Å²) in [5.74, 6) is 0.614. The topological polar surface area (TPSA) is 0 Å². The Hall–Kier alpha value is -1.56. The van der Waals surface area contributed by atoms with Gasteiger partial charge in [0.15, 0.2) is 0 Å². The van der Waals surface area contributed by atoms with Crippen LogP contribution in [0.4, 0.5) is 0 Å². The summed E-state index contributed by atoms with van der Waals surface area (Å²) in [6, 6.07) is 15.3. The van der Waals surface area contributed by atoms with Crippen LogP contribution in [0.5, 0.6) is 0 Å². The molecule has 0 spiro atoms. The Labute approximate surface area is 104 Å². The summed E-state index contributed by atoms with van der Waals surface area (Å²) >= 11 is 0. The largest absolute Gasteiger partial charge is 0.103 e. The van der Waals surface area contributed by atoms with Gasteiger partial charge in [0.05, 0.1) is 0 Å². The van der Waals surface area contributed by atoms with Crippen LogP contribution >= 0.6 is 0 Å². The summed E-state index contributed by atoms with van der Waals surface area (Å²) in [5.41, 5.74) is 1.48. The van der Waals surface area contributed by atoms with E-state index in [0.717, 1.165) is 6.42 Å². The van der Waals surface area contributed by atoms with Gasteiger partial charge in [-0.25, -0.2) is 0 Å². The Balaban J connectivity index is 2.48. The average Bonchev–Trinajstić information content (AvgIpc) is 2.38. The molecule has 0 heterocycles. The second-order valence-corrected chi connectivity index (χ2v) is 4.58. The SMILES string of the molecule is C=CCC(CCC)c1cccc2ccccc12. The van der Waals surface area contributed by atoms with Gasteiger partial charge in [-0.2, -0.15) is 0 Å². The molecule has 2 aromatic rings. The van der Waals surface area contributed by atoms with E-state index in [1.165, 1.54) is 29.2 Å². The lowest BCUT2D eigenvalue weighted by atomic mass is 9.88. The first kappa shape index (κ1) is 11.9. The number of hydrogen-bond acceptors (Lipinski definition) is 0. The Morgan fingerprint density at radius 1 is 1.12 bits per heavy atom. The molecule has 0 amide bonds. The number of benzene rings is 2. The fourth-order valence-corrected chi connectivity index (χ4v) is 2.56. The molecule has 0 aliphatic heterocycles. The van der Waals surface area contributed by atoms with Gasteiger partial charge in [0.1, 0.15) is 0 Å². The molecule has 0 fully saturated rings. The van der Waals surface area contributed by atoms with Gasteiger partial charge in [-0.15, -0.1) is 6.58 Å². The molecule has 2 rings (SSSR count). The van der Waals surface area contributed by atoms with Gasteiger partial charge >= 0.3 is 0 Å². The normalized spacial score (nSPS) is 12.5. The number of rotatable bonds is 5. The van der Waals surface area contributed by atoms with Gasteiger partial charge in [-0.05, 0) is 35.1 Å². The zero-order valence-corrected chi connectivity index (χ0v) is 10.5. The predicted octanol–water partition coefficient (Wildman–Crippen LogP) is 5.30. The molecule has 0 saturated heterocycles. The van der Waals surface area contributed by atoms with E-state index >= 15 is 0 Å². The molecule has 1 atom stereocenters. The summed E-state index contributed by atoms with van der Waals surface area (Å²) in [6.45, 7) is 6.14. The van der Waals surface area contributed by atoms with Crippen molar-refractivity contribution >= 4 is 10.8 Å². The van der Waals surface area contributed by atoms with E-state index in [1.807, 2.05) is 6.08 Å². The molecule has 1 unspecified atom stereocenters. The first-order chi connectivity index (χ1) is 8.36. The van der Waals surface area contributed by atoms with Crippen molar-refractivity contribution in [2.45, 2.75) is 32.1 Å². The van der Waals surface area contributed by atoms with Crippen LogP contribution in [0.25, 0.3) is 10.8 Å². The van der Waals surface area contributed by atoms with Gasteiger partial charge in [0.2, 0.25) is 0 Å². The van der Waals surface area contributed by atoms with Crippen molar-refractivity contribution in [2.75, 3.05) is 0 Å². The lowest BCUT2D eigenvalue weighted by Crippen LogP contribution is -1.98. The molecule has 0 aliphatic carbocycles. The molecule has 0 bridgehead atoms.